The molecule has 0 aliphatic carbocycles. The van der Waals surface area contributed by atoms with E-state index in [1.807, 2.05) is 31.2 Å². The smallest absolute Gasteiger partial charge is 0.230 e. The molecule has 0 saturated carbocycles. The van der Waals surface area contributed by atoms with E-state index in [4.69, 9.17) is 0 Å². The average molecular weight is 163 g/mol. The first-order valence-electron chi connectivity index (χ1n) is 3.96. The highest BCUT2D eigenvalue weighted by atomic mass is 16.2. The topological polar surface area (TPSA) is 20.3 Å². The number of carbonyl (C=O) groups is 1. The number of carbonyl (C=O) groups excluding carboxylic acids is 1. The van der Waals surface area contributed by atoms with Crippen molar-refractivity contribution in [3.8, 4) is 0 Å². The van der Waals surface area contributed by atoms with Gasteiger partial charge in [0.05, 0.1) is 0 Å². The SMILES string of the molecule is C\C1=C/C=C\C=C\N(C)C(=O)C1. The van der Waals surface area contributed by atoms with Crippen LogP contribution in [0, 0.1) is 0 Å². The van der Waals surface area contributed by atoms with Crippen LogP contribution in [0.2, 0.25) is 0 Å². The Bertz CT molecular complexity index is 261. The van der Waals surface area contributed by atoms with E-state index in [0.717, 1.165) is 5.57 Å². The predicted octanol–water partition coefficient (Wildman–Crippen LogP) is 1.86. The molecule has 1 aliphatic heterocycles. The lowest BCUT2D eigenvalue weighted by atomic mass is 10.2. The summed E-state index contributed by atoms with van der Waals surface area (Å²) in [6, 6.07) is 0. The van der Waals surface area contributed by atoms with Crippen molar-refractivity contribution >= 4 is 5.91 Å². The summed E-state index contributed by atoms with van der Waals surface area (Å²) in [5, 5.41) is 0. The molecule has 0 N–H and O–H groups in total. The number of amides is 1. The second-order valence-electron chi connectivity index (χ2n) is 2.92. The maximum Gasteiger partial charge on any atom is 0.230 e. The van der Waals surface area contributed by atoms with Gasteiger partial charge in [0.15, 0.2) is 0 Å². The van der Waals surface area contributed by atoms with E-state index in [1.54, 1.807) is 18.1 Å². The van der Waals surface area contributed by atoms with Gasteiger partial charge in [-0.05, 0) is 13.0 Å². The van der Waals surface area contributed by atoms with Crippen molar-refractivity contribution in [2.45, 2.75) is 13.3 Å². The van der Waals surface area contributed by atoms with Crippen molar-refractivity contribution in [3.05, 3.63) is 36.1 Å². The first-order chi connectivity index (χ1) is 5.70. The summed E-state index contributed by atoms with van der Waals surface area (Å²) in [5.74, 6) is 0.128. The highest BCUT2D eigenvalue weighted by Crippen LogP contribution is 2.05. The van der Waals surface area contributed by atoms with Gasteiger partial charge < -0.3 is 4.90 Å². The zero-order chi connectivity index (χ0) is 8.97. The van der Waals surface area contributed by atoms with Gasteiger partial charge in [-0.1, -0.05) is 23.8 Å². The molecule has 1 rings (SSSR count). The van der Waals surface area contributed by atoms with Crippen molar-refractivity contribution < 1.29 is 4.79 Å². The van der Waals surface area contributed by atoms with Crippen LogP contribution >= 0.6 is 0 Å². The highest BCUT2D eigenvalue weighted by molar-refractivity contribution is 5.79. The molecule has 1 heterocycles. The van der Waals surface area contributed by atoms with Gasteiger partial charge in [0.1, 0.15) is 0 Å². The Morgan fingerprint density at radius 2 is 2.08 bits per heavy atom. The Hall–Kier alpha value is -1.31. The lowest BCUT2D eigenvalue weighted by Gasteiger charge is -2.10. The summed E-state index contributed by atoms with van der Waals surface area (Å²) in [6.45, 7) is 1.96. The maximum atomic E-state index is 11.3. The Morgan fingerprint density at radius 3 is 2.83 bits per heavy atom. The number of rotatable bonds is 0. The monoisotopic (exact) mass is 163 g/mol. The fourth-order valence-corrected chi connectivity index (χ4v) is 0.968. The minimum Gasteiger partial charge on any atom is -0.322 e. The van der Waals surface area contributed by atoms with E-state index >= 15 is 0 Å². The van der Waals surface area contributed by atoms with E-state index in [1.165, 1.54) is 0 Å². The fraction of sp³-hybridized carbons (Fsp3) is 0.300. The van der Waals surface area contributed by atoms with Gasteiger partial charge in [-0.2, -0.15) is 0 Å². The molecule has 1 amide bonds. The summed E-state index contributed by atoms with van der Waals surface area (Å²) in [6.07, 6.45) is 9.95. The van der Waals surface area contributed by atoms with Crippen molar-refractivity contribution in [1.82, 2.24) is 4.90 Å². The molecule has 0 aromatic rings. The third kappa shape index (κ3) is 2.38. The average Bonchev–Trinajstić information content (AvgIpc) is 2.07. The molecule has 1 aliphatic rings. The standard InChI is InChI=1S/C10H13NO/c1-9-6-4-3-5-7-11(2)10(12)8-9/h3-7H,8H2,1-2H3/b4-3-,7-5+,9-6+. The van der Waals surface area contributed by atoms with E-state index in [9.17, 15) is 4.79 Å². The second kappa shape index (κ2) is 3.90. The van der Waals surface area contributed by atoms with Gasteiger partial charge in [-0.25, -0.2) is 0 Å². The molecule has 0 aromatic carbocycles. The summed E-state index contributed by atoms with van der Waals surface area (Å²) < 4.78 is 0. The van der Waals surface area contributed by atoms with Crippen molar-refractivity contribution in [3.63, 3.8) is 0 Å². The molecular formula is C10H13NO. The molecule has 0 spiro atoms. The number of nitrogens with zero attached hydrogens (tertiary/aromatic N) is 1. The van der Waals surface area contributed by atoms with Gasteiger partial charge >= 0.3 is 0 Å². The summed E-state index contributed by atoms with van der Waals surface area (Å²) in [7, 11) is 1.77. The fourth-order valence-electron chi connectivity index (χ4n) is 0.968. The molecule has 2 heteroatoms. The molecule has 0 saturated heterocycles. The predicted molar refractivity (Wildman–Crippen MR) is 49.4 cm³/mol. The number of hydrogen-bond acceptors (Lipinski definition) is 1. The van der Waals surface area contributed by atoms with Gasteiger partial charge in [0.25, 0.3) is 0 Å². The van der Waals surface area contributed by atoms with Crippen molar-refractivity contribution in [2.24, 2.45) is 0 Å². The quantitative estimate of drug-likeness (QED) is 0.533. The largest absolute Gasteiger partial charge is 0.322 e. The van der Waals surface area contributed by atoms with Crippen molar-refractivity contribution in [1.29, 1.82) is 0 Å². The molecule has 12 heavy (non-hydrogen) atoms. The minimum atomic E-state index is 0.128. The van der Waals surface area contributed by atoms with Gasteiger partial charge in [0, 0.05) is 19.7 Å². The third-order valence-corrected chi connectivity index (χ3v) is 1.74. The summed E-state index contributed by atoms with van der Waals surface area (Å²) in [4.78, 5) is 12.9. The molecule has 0 fully saturated rings. The van der Waals surface area contributed by atoms with E-state index in [-0.39, 0.29) is 5.91 Å². The molecule has 0 aromatic heterocycles. The van der Waals surface area contributed by atoms with Crippen LogP contribution in [0.25, 0.3) is 0 Å². The van der Waals surface area contributed by atoms with Crippen LogP contribution in [0.1, 0.15) is 13.3 Å². The summed E-state index contributed by atoms with van der Waals surface area (Å²) in [5.41, 5.74) is 1.09. The molecule has 64 valence electrons. The van der Waals surface area contributed by atoms with Gasteiger partial charge in [-0.3, -0.25) is 4.79 Å². The van der Waals surface area contributed by atoms with Crippen LogP contribution in [-0.4, -0.2) is 17.9 Å². The second-order valence-corrected chi connectivity index (χ2v) is 2.92. The normalized spacial score (nSPS) is 28.0. The van der Waals surface area contributed by atoms with Crippen LogP contribution in [0.15, 0.2) is 36.1 Å². The molecule has 2 nitrogen and oxygen atoms in total. The highest BCUT2D eigenvalue weighted by Gasteiger charge is 2.05. The number of hydrogen-bond donors (Lipinski definition) is 0. The maximum absolute atomic E-state index is 11.3. The number of allylic oxidation sites excluding steroid dienone is 4. The Morgan fingerprint density at radius 1 is 1.33 bits per heavy atom. The minimum absolute atomic E-state index is 0.128. The van der Waals surface area contributed by atoms with Crippen LogP contribution in [-0.2, 0) is 4.79 Å². The lowest BCUT2D eigenvalue weighted by Crippen LogP contribution is -2.20. The van der Waals surface area contributed by atoms with Crippen LogP contribution in [0.4, 0.5) is 0 Å². The van der Waals surface area contributed by atoms with E-state index < -0.39 is 0 Å². The van der Waals surface area contributed by atoms with Crippen LogP contribution < -0.4 is 0 Å². The Balaban J connectivity index is 2.83. The third-order valence-electron chi connectivity index (χ3n) is 1.74. The zero-order valence-corrected chi connectivity index (χ0v) is 7.45. The van der Waals surface area contributed by atoms with Gasteiger partial charge in [0.2, 0.25) is 5.91 Å². The first-order valence-corrected chi connectivity index (χ1v) is 3.96. The first kappa shape index (κ1) is 8.78. The van der Waals surface area contributed by atoms with Crippen molar-refractivity contribution in [2.75, 3.05) is 7.05 Å². The Kier molecular flexibility index (Phi) is 2.86. The van der Waals surface area contributed by atoms with E-state index in [0.29, 0.717) is 6.42 Å². The Labute approximate surface area is 72.9 Å². The molecule has 0 unspecified atom stereocenters. The lowest BCUT2D eigenvalue weighted by molar-refractivity contribution is -0.126. The molecular weight excluding hydrogens is 150 g/mol. The van der Waals surface area contributed by atoms with Crippen LogP contribution in [0.5, 0.6) is 0 Å². The zero-order valence-electron chi connectivity index (χ0n) is 7.45. The van der Waals surface area contributed by atoms with E-state index in [2.05, 4.69) is 0 Å². The van der Waals surface area contributed by atoms with Gasteiger partial charge in [-0.15, -0.1) is 0 Å². The summed E-state index contributed by atoms with van der Waals surface area (Å²) >= 11 is 0. The molecule has 0 bridgehead atoms. The molecule has 0 atom stereocenters. The molecule has 0 radical (unpaired) electrons. The van der Waals surface area contributed by atoms with Crippen LogP contribution in [0.3, 0.4) is 0 Å².